The molecule has 94 valence electrons. The van der Waals surface area contributed by atoms with Gasteiger partial charge in [-0.3, -0.25) is 4.90 Å². The van der Waals surface area contributed by atoms with E-state index >= 15 is 0 Å². The predicted molar refractivity (Wildman–Crippen MR) is 70.0 cm³/mol. The van der Waals surface area contributed by atoms with Crippen molar-refractivity contribution >= 4 is 0 Å². The van der Waals surface area contributed by atoms with Gasteiger partial charge in [0.1, 0.15) is 0 Å². The zero-order valence-corrected chi connectivity index (χ0v) is 10.7. The normalized spacial score (nSPS) is 22.0. The van der Waals surface area contributed by atoms with Gasteiger partial charge in [0.05, 0.1) is 6.61 Å². The van der Waals surface area contributed by atoms with Gasteiger partial charge in [-0.2, -0.15) is 0 Å². The molecule has 1 fully saturated rings. The molecule has 1 aliphatic rings. The van der Waals surface area contributed by atoms with Crippen LogP contribution in [-0.4, -0.2) is 37.7 Å². The van der Waals surface area contributed by atoms with Crippen LogP contribution in [0.3, 0.4) is 0 Å². The standard InChI is InChI=1S/C14H22N2O/c1-11-5-3-4-6-13(11)14(15)9-16(2)12-7-8-17-10-12/h3-6,12,14H,7-10,15H2,1-2H3. The van der Waals surface area contributed by atoms with Crippen molar-refractivity contribution in [2.45, 2.75) is 25.4 Å². The lowest BCUT2D eigenvalue weighted by Crippen LogP contribution is -2.37. The van der Waals surface area contributed by atoms with Crippen molar-refractivity contribution in [1.82, 2.24) is 4.90 Å². The van der Waals surface area contributed by atoms with E-state index in [1.165, 1.54) is 11.1 Å². The van der Waals surface area contributed by atoms with Gasteiger partial charge in [-0.25, -0.2) is 0 Å². The number of rotatable bonds is 4. The minimum absolute atomic E-state index is 0.0850. The number of nitrogens with zero attached hydrogens (tertiary/aromatic N) is 1. The van der Waals surface area contributed by atoms with Crippen LogP contribution in [-0.2, 0) is 4.74 Å². The number of benzene rings is 1. The number of nitrogens with two attached hydrogens (primary N) is 1. The molecule has 17 heavy (non-hydrogen) atoms. The summed E-state index contributed by atoms with van der Waals surface area (Å²) in [6.07, 6.45) is 1.12. The Morgan fingerprint density at radius 2 is 2.24 bits per heavy atom. The molecule has 2 N–H and O–H groups in total. The van der Waals surface area contributed by atoms with E-state index in [4.69, 9.17) is 10.5 Å². The largest absolute Gasteiger partial charge is 0.380 e. The predicted octanol–water partition coefficient (Wildman–Crippen LogP) is 1.72. The number of hydrogen-bond acceptors (Lipinski definition) is 3. The third-order valence-corrected chi connectivity index (χ3v) is 3.60. The van der Waals surface area contributed by atoms with E-state index in [9.17, 15) is 0 Å². The summed E-state index contributed by atoms with van der Waals surface area (Å²) in [7, 11) is 2.14. The van der Waals surface area contributed by atoms with Gasteiger partial charge in [0.15, 0.2) is 0 Å². The molecule has 1 aromatic carbocycles. The topological polar surface area (TPSA) is 38.5 Å². The van der Waals surface area contributed by atoms with Gasteiger partial charge in [0.2, 0.25) is 0 Å². The SMILES string of the molecule is Cc1ccccc1C(N)CN(C)C1CCOC1. The summed E-state index contributed by atoms with van der Waals surface area (Å²) in [4.78, 5) is 2.32. The fraction of sp³-hybridized carbons (Fsp3) is 0.571. The maximum Gasteiger partial charge on any atom is 0.0622 e. The molecule has 3 nitrogen and oxygen atoms in total. The fourth-order valence-electron chi connectivity index (χ4n) is 2.43. The lowest BCUT2D eigenvalue weighted by molar-refractivity contribution is 0.156. The first kappa shape index (κ1) is 12.6. The summed E-state index contributed by atoms with van der Waals surface area (Å²) in [5.74, 6) is 0. The van der Waals surface area contributed by atoms with Crippen molar-refractivity contribution in [3.63, 3.8) is 0 Å². The van der Waals surface area contributed by atoms with Gasteiger partial charge in [-0.05, 0) is 31.5 Å². The third-order valence-electron chi connectivity index (χ3n) is 3.60. The van der Waals surface area contributed by atoms with E-state index in [-0.39, 0.29) is 6.04 Å². The summed E-state index contributed by atoms with van der Waals surface area (Å²) in [6, 6.07) is 8.97. The van der Waals surface area contributed by atoms with Crippen LogP contribution < -0.4 is 5.73 Å². The third kappa shape index (κ3) is 3.06. The first-order valence-electron chi connectivity index (χ1n) is 6.27. The van der Waals surface area contributed by atoms with Crippen LogP contribution in [0.1, 0.15) is 23.6 Å². The van der Waals surface area contributed by atoms with E-state index in [1.54, 1.807) is 0 Å². The van der Waals surface area contributed by atoms with Crippen LogP contribution in [0.5, 0.6) is 0 Å². The highest BCUT2D eigenvalue weighted by Gasteiger charge is 2.22. The molecule has 0 aliphatic carbocycles. The number of ether oxygens (including phenoxy) is 1. The molecule has 1 aromatic rings. The second kappa shape index (κ2) is 5.63. The molecule has 2 atom stereocenters. The first-order valence-corrected chi connectivity index (χ1v) is 6.27. The van der Waals surface area contributed by atoms with E-state index in [1.807, 2.05) is 0 Å². The summed E-state index contributed by atoms with van der Waals surface area (Å²) in [5.41, 5.74) is 8.80. The Hall–Kier alpha value is -0.900. The van der Waals surface area contributed by atoms with Gasteiger partial charge in [0, 0.05) is 25.2 Å². The average molecular weight is 234 g/mol. The summed E-state index contributed by atoms with van der Waals surface area (Å²) in [5, 5.41) is 0. The van der Waals surface area contributed by atoms with Crippen LogP contribution in [0.15, 0.2) is 24.3 Å². The molecular formula is C14H22N2O. The second-order valence-corrected chi connectivity index (χ2v) is 4.92. The van der Waals surface area contributed by atoms with Crippen molar-refractivity contribution in [1.29, 1.82) is 0 Å². The van der Waals surface area contributed by atoms with E-state index in [0.717, 1.165) is 26.2 Å². The zero-order valence-electron chi connectivity index (χ0n) is 10.7. The molecule has 0 saturated carbocycles. The van der Waals surface area contributed by atoms with Gasteiger partial charge in [0.25, 0.3) is 0 Å². The van der Waals surface area contributed by atoms with Crippen LogP contribution >= 0.6 is 0 Å². The number of likely N-dealkylation sites (N-methyl/N-ethyl adjacent to an activating group) is 1. The van der Waals surface area contributed by atoms with Crippen LogP contribution in [0.2, 0.25) is 0 Å². The highest BCUT2D eigenvalue weighted by Crippen LogP contribution is 2.18. The fourth-order valence-corrected chi connectivity index (χ4v) is 2.43. The molecule has 2 unspecified atom stereocenters. The van der Waals surface area contributed by atoms with Gasteiger partial charge >= 0.3 is 0 Å². The van der Waals surface area contributed by atoms with Crippen molar-refractivity contribution in [2.75, 3.05) is 26.8 Å². The maximum absolute atomic E-state index is 6.28. The lowest BCUT2D eigenvalue weighted by atomic mass is 10.0. The van der Waals surface area contributed by atoms with Crippen molar-refractivity contribution in [3.8, 4) is 0 Å². The molecule has 0 amide bonds. The van der Waals surface area contributed by atoms with Crippen molar-refractivity contribution in [3.05, 3.63) is 35.4 Å². The monoisotopic (exact) mass is 234 g/mol. The van der Waals surface area contributed by atoms with Gasteiger partial charge < -0.3 is 10.5 Å². The number of hydrogen-bond donors (Lipinski definition) is 1. The quantitative estimate of drug-likeness (QED) is 0.862. The average Bonchev–Trinajstić information content (AvgIpc) is 2.82. The highest BCUT2D eigenvalue weighted by atomic mass is 16.5. The lowest BCUT2D eigenvalue weighted by Gasteiger charge is -2.26. The van der Waals surface area contributed by atoms with Crippen molar-refractivity contribution in [2.24, 2.45) is 5.73 Å². The Morgan fingerprint density at radius 1 is 1.47 bits per heavy atom. The minimum Gasteiger partial charge on any atom is -0.380 e. The molecule has 0 spiro atoms. The maximum atomic E-state index is 6.28. The molecular weight excluding hydrogens is 212 g/mol. The Labute approximate surface area is 104 Å². The summed E-state index contributed by atoms with van der Waals surface area (Å²) < 4.78 is 5.41. The highest BCUT2D eigenvalue weighted by molar-refractivity contribution is 5.28. The molecule has 3 heteroatoms. The number of aryl methyl sites for hydroxylation is 1. The molecule has 1 saturated heterocycles. The molecule has 1 heterocycles. The van der Waals surface area contributed by atoms with Crippen molar-refractivity contribution < 1.29 is 4.74 Å². The summed E-state index contributed by atoms with van der Waals surface area (Å²) >= 11 is 0. The first-order chi connectivity index (χ1) is 8.18. The van der Waals surface area contributed by atoms with Gasteiger partial charge in [-0.1, -0.05) is 24.3 Å². The molecule has 0 bridgehead atoms. The summed E-state index contributed by atoms with van der Waals surface area (Å²) in [6.45, 7) is 4.73. The molecule has 0 aromatic heterocycles. The van der Waals surface area contributed by atoms with Crippen LogP contribution in [0, 0.1) is 6.92 Å². The smallest absolute Gasteiger partial charge is 0.0622 e. The molecule has 2 rings (SSSR count). The van der Waals surface area contributed by atoms with Crippen LogP contribution in [0.25, 0.3) is 0 Å². The molecule has 1 aliphatic heterocycles. The van der Waals surface area contributed by atoms with Gasteiger partial charge in [-0.15, -0.1) is 0 Å². The Balaban J connectivity index is 1.96. The Bertz CT molecular complexity index is 361. The Morgan fingerprint density at radius 3 is 2.88 bits per heavy atom. The van der Waals surface area contributed by atoms with E-state index in [0.29, 0.717) is 6.04 Å². The minimum atomic E-state index is 0.0850. The van der Waals surface area contributed by atoms with Crippen LogP contribution in [0.4, 0.5) is 0 Å². The second-order valence-electron chi connectivity index (χ2n) is 4.92. The van der Waals surface area contributed by atoms with E-state index in [2.05, 4.69) is 43.1 Å². The molecule has 0 radical (unpaired) electrons. The Kier molecular flexibility index (Phi) is 4.15. The zero-order chi connectivity index (χ0) is 12.3. The van der Waals surface area contributed by atoms with E-state index < -0.39 is 0 Å².